The number of H-pyrrole nitrogens is 1. The Morgan fingerprint density at radius 3 is 2.63 bits per heavy atom. The van der Waals surface area contributed by atoms with E-state index in [0.29, 0.717) is 46.8 Å². The van der Waals surface area contributed by atoms with Crippen molar-refractivity contribution in [3.05, 3.63) is 101 Å². The van der Waals surface area contributed by atoms with E-state index in [1.54, 1.807) is 19.3 Å². The van der Waals surface area contributed by atoms with E-state index in [1.165, 1.54) is 28.9 Å². The molecule has 2 aliphatic heterocycles. The van der Waals surface area contributed by atoms with Crippen LogP contribution < -0.4 is 10.1 Å². The molecule has 2 aliphatic rings. The first-order valence-electron chi connectivity index (χ1n) is 17.0. The number of amides is 2. The molecule has 0 spiro atoms. The van der Waals surface area contributed by atoms with Gasteiger partial charge in [0.2, 0.25) is 5.91 Å². The molecule has 51 heavy (non-hydrogen) atoms. The molecule has 2 N–H and O–H groups in total. The summed E-state index contributed by atoms with van der Waals surface area (Å²) in [5.74, 6) is -0.108. The van der Waals surface area contributed by atoms with E-state index in [0.717, 1.165) is 29.4 Å². The van der Waals surface area contributed by atoms with Crippen molar-refractivity contribution in [3.63, 3.8) is 0 Å². The summed E-state index contributed by atoms with van der Waals surface area (Å²) in [6.07, 6.45) is 5.91. The Bertz CT molecular complexity index is 2260. The number of nitrogens with zero attached hydrogens (tertiary/aromatic N) is 3. The molecule has 264 valence electrons. The number of imide groups is 1. The highest BCUT2D eigenvalue weighted by atomic mass is 32.2. The summed E-state index contributed by atoms with van der Waals surface area (Å²) in [4.78, 5) is 32.1. The van der Waals surface area contributed by atoms with Crippen molar-refractivity contribution in [2.45, 2.75) is 58.3 Å². The van der Waals surface area contributed by atoms with Crippen molar-refractivity contribution in [2.75, 3.05) is 11.5 Å². The average molecular weight is 712 g/mol. The number of aromatic nitrogens is 4. The molecule has 9 nitrogen and oxygen atoms in total. The Kier molecular flexibility index (Phi) is 8.99. The first kappa shape index (κ1) is 34.5. The highest BCUT2D eigenvalue weighted by Gasteiger charge is 2.36. The monoisotopic (exact) mass is 711 g/mol. The summed E-state index contributed by atoms with van der Waals surface area (Å²) in [5, 5.41) is 7.94. The molecule has 4 bridgehead atoms. The molecule has 0 aliphatic carbocycles. The number of ether oxygens (including phenoxy) is 1. The fourth-order valence-corrected chi connectivity index (χ4v) is 8.78. The Morgan fingerprint density at radius 1 is 1.02 bits per heavy atom. The number of carbonyl (C=O) groups is 2. The largest absolute Gasteiger partial charge is 0.454 e. The number of fused-ring (bicyclic) bond motifs is 8. The van der Waals surface area contributed by atoms with Gasteiger partial charge in [-0.3, -0.25) is 19.1 Å². The molecule has 12 heteroatoms. The van der Waals surface area contributed by atoms with Gasteiger partial charge in [0.1, 0.15) is 11.6 Å². The van der Waals surface area contributed by atoms with Crippen LogP contribution in [0.4, 0.5) is 8.78 Å². The zero-order chi connectivity index (χ0) is 36.1. The Labute approximate surface area is 297 Å². The van der Waals surface area contributed by atoms with Gasteiger partial charge >= 0.3 is 0 Å². The molecule has 7 rings (SSSR count). The van der Waals surface area contributed by atoms with Crippen LogP contribution in [0.2, 0.25) is 0 Å². The maximum atomic E-state index is 15.7. The maximum Gasteiger partial charge on any atom is 0.254 e. The van der Waals surface area contributed by atoms with Crippen LogP contribution >= 0.6 is 0 Å². The zero-order valence-electron chi connectivity index (χ0n) is 28.9. The zero-order valence-corrected chi connectivity index (χ0v) is 29.8. The number of hydrogen-bond acceptors (Lipinski definition) is 6. The van der Waals surface area contributed by atoms with Crippen molar-refractivity contribution in [2.24, 2.45) is 12.5 Å². The summed E-state index contributed by atoms with van der Waals surface area (Å²) in [7, 11) is 0.492. The van der Waals surface area contributed by atoms with Crippen LogP contribution in [-0.4, -0.2) is 47.3 Å². The molecule has 2 unspecified atom stereocenters. The van der Waals surface area contributed by atoms with Crippen LogP contribution in [0.1, 0.15) is 69.0 Å². The number of halogens is 2. The summed E-state index contributed by atoms with van der Waals surface area (Å²) in [6.45, 7) is 6.26. The maximum absolute atomic E-state index is 15.7. The first-order valence-corrected chi connectivity index (χ1v) is 18.5. The van der Waals surface area contributed by atoms with E-state index >= 15 is 8.78 Å². The average Bonchev–Trinajstić information content (AvgIpc) is 3.79. The van der Waals surface area contributed by atoms with Crippen LogP contribution in [-0.2, 0) is 39.3 Å². The van der Waals surface area contributed by atoms with E-state index < -0.39 is 33.8 Å². The number of rotatable bonds is 2. The van der Waals surface area contributed by atoms with Crippen molar-refractivity contribution >= 4 is 39.6 Å². The van der Waals surface area contributed by atoms with Gasteiger partial charge < -0.3 is 9.72 Å². The molecule has 4 heterocycles. The minimum Gasteiger partial charge on any atom is -0.454 e. The standard InChI is InChI=1S/C39H39F2N5O4S/c1-38(2)13-6-14-39(3,25-8-5-7-23(18-25)17-24-19-33(47)43-36(24)48)37-44-35(46(4)45-37)29-20-26(9-10-30(29)40)50-34-28(12-16-51(49)22-38)27-11-15-42-32(27)21-31(34)41/h5,7-11,15,17-18,20-21,42H,6,12-14,16,19,22H2,1-4H3,(H,43,47,48)/b24-17-. The number of aryl methyl sites for hydroxylation is 2. The van der Waals surface area contributed by atoms with E-state index in [-0.39, 0.29) is 40.6 Å². The van der Waals surface area contributed by atoms with Gasteiger partial charge in [-0.05, 0) is 73.1 Å². The third-order valence-corrected chi connectivity index (χ3v) is 11.7. The Morgan fingerprint density at radius 2 is 1.84 bits per heavy atom. The number of aromatic amines is 1. The highest BCUT2D eigenvalue weighted by Crippen LogP contribution is 2.41. The summed E-state index contributed by atoms with van der Waals surface area (Å²) >= 11 is 0. The van der Waals surface area contributed by atoms with Gasteiger partial charge in [0.25, 0.3) is 5.91 Å². The number of nitrogens with one attached hydrogen (secondary N) is 2. The molecule has 2 aromatic heterocycles. The second-order valence-corrected chi connectivity index (χ2v) is 16.0. The van der Waals surface area contributed by atoms with Crippen LogP contribution in [0.25, 0.3) is 28.4 Å². The molecule has 1 saturated heterocycles. The van der Waals surface area contributed by atoms with Crippen molar-refractivity contribution in [1.82, 2.24) is 25.1 Å². The molecule has 0 radical (unpaired) electrons. The molecule has 2 atom stereocenters. The predicted octanol–water partition coefficient (Wildman–Crippen LogP) is 7.27. The number of benzene rings is 3. The quantitative estimate of drug-likeness (QED) is 0.147. The minimum atomic E-state index is -1.21. The predicted molar refractivity (Wildman–Crippen MR) is 193 cm³/mol. The second kappa shape index (κ2) is 13.3. The third-order valence-electron chi connectivity index (χ3n) is 9.94. The lowest BCUT2D eigenvalue weighted by atomic mass is 9.75. The summed E-state index contributed by atoms with van der Waals surface area (Å²) < 4.78 is 52.6. The third kappa shape index (κ3) is 6.89. The molecular weight excluding hydrogens is 673 g/mol. The van der Waals surface area contributed by atoms with Gasteiger partial charge in [0.15, 0.2) is 23.2 Å². The highest BCUT2D eigenvalue weighted by molar-refractivity contribution is 7.85. The lowest BCUT2D eigenvalue weighted by Crippen LogP contribution is -2.28. The van der Waals surface area contributed by atoms with Crippen LogP contribution in [0, 0.1) is 17.0 Å². The van der Waals surface area contributed by atoms with Gasteiger partial charge in [-0.2, -0.15) is 5.10 Å². The van der Waals surface area contributed by atoms with E-state index in [9.17, 15) is 13.8 Å². The first-order chi connectivity index (χ1) is 24.3. The van der Waals surface area contributed by atoms with Crippen molar-refractivity contribution in [3.8, 4) is 22.9 Å². The second-order valence-electron chi connectivity index (χ2n) is 14.5. The smallest absolute Gasteiger partial charge is 0.254 e. The molecule has 1 fully saturated rings. The Hall–Kier alpha value is -4.97. The van der Waals surface area contributed by atoms with Gasteiger partial charge in [-0.25, -0.2) is 18.4 Å². The lowest BCUT2D eigenvalue weighted by Gasteiger charge is -2.30. The summed E-state index contributed by atoms with van der Waals surface area (Å²) in [6, 6.07) is 15.1. The van der Waals surface area contributed by atoms with Crippen LogP contribution in [0.3, 0.4) is 0 Å². The van der Waals surface area contributed by atoms with Gasteiger partial charge in [0.05, 0.1) is 17.4 Å². The molecule has 3 aromatic carbocycles. The molecule has 0 saturated carbocycles. The van der Waals surface area contributed by atoms with Crippen LogP contribution in [0.5, 0.6) is 11.5 Å². The minimum absolute atomic E-state index is 0.0116. The van der Waals surface area contributed by atoms with Crippen LogP contribution in [0.15, 0.2) is 66.4 Å². The van der Waals surface area contributed by atoms with E-state index in [1.807, 2.05) is 37.3 Å². The number of carbonyl (C=O) groups excluding carboxylic acids is 2. The fraction of sp³-hybridized carbons (Fsp3) is 0.333. The van der Waals surface area contributed by atoms with E-state index in [4.69, 9.17) is 14.8 Å². The lowest BCUT2D eigenvalue weighted by molar-refractivity contribution is -0.124. The topological polar surface area (TPSA) is 119 Å². The van der Waals surface area contributed by atoms with E-state index in [2.05, 4.69) is 24.1 Å². The van der Waals surface area contributed by atoms with Gasteiger partial charge in [-0.15, -0.1) is 0 Å². The fourth-order valence-electron chi connectivity index (χ4n) is 7.19. The van der Waals surface area contributed by atoms with Crippen molar-refractivity contribution in [1.29, 1.82) is 0 Å². The molecular formula is C39H39F2N5O4S. The Balaban J connectivity index is 1.34. The van der Waals surface area contributed by atoms with Gasteiger partial charge in [-0.1, -0.05) is 44.5 Å². The number of hydrogen-bond donors (Lipinski definition) is 2. The SMILES string of the molecule is Cn1nc2nc1-c1cc(ccc1F)Oc1c(F)cc3[nH]ccc3c1CCS(=O)CC(C)(C)CCCC2(C)c1cccc(/C=C2/CC(=O)NC2=O)c1. The van der Waals surface area contributed by atoms with Gasteiger partial charge in [0, 0.05) is 63.7 Å². The van der Waals surface area contributed by atoms with Crippen molar-refractivity contribution < 1.29 is 27.3 Å². The summed E-state index contributed by atoms with van der Waals surface area (Å²) in [5.41, 5.74) is 2.33. The normalized spacial score (nSPS) is 21.9. The molecule has 5 aromatic rings. The molecule has 2 amide bonds.